The normalized spacial score (nSPS) is 18.3. The first-order valence-corrected chi connectivity index (χ1v) is 9.50. The topological polar surface area (TPSA) is 62.1 Å². The van der Waals surface area contributed by atoms with E-state index in [9.17, 15) is 4.79 Å². The predicted molar refractivity (Wildman–Crippen MR) is 97.6 cm³/mol. The van der Waals surface area contributed by atoms with E-state index in [-0.39, 0.29) is 11.9 Å². The van der Waals surface area contributed by atoms with Gasteiger partial charge in [-0.2, -0.15) is 5.10 Å². The highest BCUT2D eigenvalue weighted by molar-refractivity contribution is 7.15. The molecule has 3 aromatic rings. The largest absolute Gasteiger partial charge is 0.467 e. The lowest BCUT2D eigenvalue weighted by atomic mass is 10.1. The number of thiophene rings is 1. The third-order valence-corrected chi connectivity index (χ3v) is 5.72. The molecule has 1 fully saturated rings. The van der Waals surface area contributed by atoms with E-state index in [0.29, 0.717) is 5.69 Å². The number of nitrogens with zero attached hydrogens (tertiary/aromatic N) is 2. The third kappa shape index (κ3) is 3.26. The number of carbonyl (C=O) groups is 1. The van der Waals surface area contributed by atoms with Gasteiger partial charge >= 0.3 is 0 Å². The van der Waals surface area contributed by atoms with Gasteiger partial charge in [-0.1, -0.05) is 12.8 Å². The van der Waals surface area contributed by atoms with Crippen LogP contribution in [0.4, 0.5) is 0 Å². The molecule has 6 heteroatoms. The van der Waals surface area contributed by atoms with Gasteiger partial charge in [0.2, 0.25) is 0 Å². The summed E-state index contributed by atoms with van der Waals surface area (Å²) in [6, 6.07) is 9.82. The van der Waals surface area contributed by atoms with Crippen LogP contribution in [0.25, 0.3) is 10.6 Å². The second-order valence-corrected chi connectivity index (χ2v) is 7.74. The summed E-state index contributed by atoms with van der Waals surface area (Å²) in [4.78, 5) is 17.4. The van der Waals surface area contributed by atoms with Crippen molar-refractivity contribution in [2.75, 3.05) is 6.54 Å². The molecule has 0 unspecified atom stereocenters. The highest BCUT2D eigenvalue weighted by Gasteiger charge is 2.30. The number of H-pyrrole nitrogens is 1. The number of carbonyl (C=O) groups excluding carboxylic acids is 1. The van der Waals surface area contributed by atoms with E-state index in [2.05, 4.69) is 29.3 Å². The Hall–Kier alpha value is -2.34. The predicted octanol–water partition coefficient (Wildman–Crippen LogP) is 4.80. The van der Waals surface area contributed by atoms with Crippen LogP contribution in [-0.4, -0.2) is 27.5 Å². The number of likely N-dealkylation sites (tertiary alicyclic amines) is 1. The molecule has 0 radical (unpaired) electrons. The fraction of sp³-hybridized carbons (Fsp3) is 0.368. The summed E-state index contributed by atoms with van der Waals surface area (Å²) in [5, 5.41) is 7.29. The Labute approximate surface area is 150 Å². The molecule has 1 atom stereocenters. The van der Waals surface area contributed by atoms with Crippen molar-refractivity contribution in [3.05, 3.63) is 52.9 Å². The zero-order chi connectivity index (χ0) is 17.2. The third-order valence-electron chi connectivity index (χ3n) is 4.69. The molecule has 130 valence electrons. The average molecular weight is 355 g/mol. The molecule has 4 rings (SSSR count). The maximum absolute atomic E-state index is 13.1. The van der Waals surface area contributed by atoms with E-state index in [1.165, 1.54) is 4.88 Å². The lowest BCUT2D eigenvalue weighted by Gasteiger charge is -2.27. The molecule has 1 amide bonds. The van der Waals surface area contributed by atoms with Crippen LogP contribution in [-0.2, 0) is 0 Å². The van der Waals surface area contributed by atoms with Crippen molar-refractivity contribution in [1.29, 1.82) is 0 Å². The maximum atomic E-state index is 13.1. The second-order valence-electron chi connectivity index (χ2n) is 6.46. The number of amides is 1. The fourth-order valence-corrected chi connectivity index (χ4v) is 4.25. The van der Waals surface area contributed by atoms with Gasteiger partial charge in [0, 0.05) is 11.4 Å². The van der Waals surface area contributed by atoms with E-state index < -0.39 is 0 Å². The van der Waals surface area contributed by atoms with Gasteiger partial charge in [-0.15, -0.1) is 11.3 Å². The molecular weight excluding hydrogens is 334 g/mol. The smallest absolute Gasteiger partial charge is 0.274 e. The van der Waals surface area contributed by atoms with E-state index in [0.717, 1.165) is 48.6 Å². The minimum Gasteiger partial charge on any atom is -0.467 e. The molecule has 5 nitrogen and oxygen atoms in total. The van der Waals surface area contributed by atoms with Crippen LogP contribution in [0.2, 0.25) is 0 Å². The van der Waals surface area contributed by atoms with Crippen LogP contribution in [0.1, 0.15) is 52.9 Å². The number of nitrogens with one attached hydrogen (secondary N) is 1. The molecule has 0 saturated carbocycles. The van der Waals surface area contributed by atoms with Gasteiger partial charge in [0.05, 0.1) is 22.9 Å². The number of hydrogen-bond donors (Lipinski definition) is 1. The van der Waals surface area contributed by atoms with Crippen molar-refractivity contribution in [3.8, 4) is 10.6 Å². The summed E-state index contributed by atoms with van der Waals surface area (Å²) in [5.74, 6) is 0.832. The summed E-state index contributed by atoms with van der Waals surface area (Å²) in [6.45, 7) is 2.81. The van der Waals surface area contributed by atoms with Crippen LogP contribution < -0.4 is 0 Å². The van der Waals surface area contributed by atoms with Crippen LogP contribution in [0.5, 0.6) is 0 Å². The van der Waals surface area contributed by atoms with Gasteiger partial charge in [-0.25, -0.2) is 0 Å². The summed E-state index contributed by atoms with van der Waals surface area (Å²) in [7, 11) is 0. The molecule has 25 heavy (non-hydrogen) atoms. The Morgan fingerprint density at radius 2 is 2.24 bits per heavy atom. The highest BCUT2D eigenvalue weighted by Crippen LogP contribution is 2.32. The summed E-state index contributed by atoms with van der Waals surface area (Å²) < 4.78 is 5.60. The van der Waals surface area contributed by atoms with Crippen LogP contribution in [0.15, 0.2) is 41.0 Å². The minimum absolute atomic E-state index is 0.00543. The average Bonchev–Trinajstić information content (AvgIpc) is 3.34. The quantitative estimate of drug-likeness (QED) is 0.734. The van der Waals surface area contributed by atoms with Crippen LogP contribution in [0.3, 0.4) is 0 Å². The first kappa shape index (κ1) is 16.1. The monoisotopic (exact) mass is 355 g/mol. The number of hydrogen-bond acceptors (Lipinski definition) is 4. The molecule has 1 saturated heterocycles. The van der Waals surface area contributed by atoms with Gasteiger partial charge in [-0.3, -0.25) is 9.89 Å². The van der Waals surface area contributed by atoms with Gasteiger partial charge in [0.25, 0.3) is 5.91 Å². The fourth-order valence-electron chi connectivity index (χ4n) is 3.41. The molecule has 0 bridgehead atoms. The van der Waals surface area contributed by atoms with Crippen molar-refractivity contribution in [2.24, 2.45) is 0 Å². The van der Waals surface area contributed by atoms with E-state index in [4.69, 9.17) is 4.42 Å². The summed E-state index contributed by atoms with van der Waals surface area (Å²) >= 11 is 1.69. The highest BCUT2D eigenvalue weighted by atomic mass is 32.1. The Kier molecular flexibility index (Phi) is 4.44. The first-order valence-electron chi connectivity index (χ1n) is 8.69. The standard InChI is InChI=1S/C19H21N3O2S/c1-13-8-9-18(25-13)14-12-15(21-20-14)19(23)22-10-4-2-3-6-16(22)17-7-5-11-24-17/h5,7-9,11-12,16H,2-4,6,10H2,1H3,(H,20,21)/t16-/m1/s1. The zero-order valence-electron chi connectivity index (χ0n) is 14.2. The molecule has 0 aromatic carbocycles. The molecule has 0 spiro atoms. The van der Waals surface area contributed by atoms with Crippen molar-refractivity contribution < 1.29 is 9.21 Å². The Bertz CT molecular complexity index is 850. The SMILES string of the molecule is Cc1ccc(-c2cc(C(=O)N3CCCCC[C@@H]3c3ccco3)n[nH]2)s1. The van der Waals surface area contributed by atoms with Gasteiger partial charge in [-0.05, 0) is 50.1 Å². The summed E-state index contributed by atoms with van der Waals surface area (Å²) in [5.41, 5.74) is 1.37. The lowest BCUT2D eigenvalue weighted by Crippen LogP contribution is -2.34. The molecule has 1 aliphatic rings. The first-order chi connectivity index (χ1) is 12.2. The number of aryl methyl sites for hydroxylation is 1. The van der Waals surface area contributed by atoms with Gasteiger partial charge < -0.3 is 9.32 Å². The zero-order valence-corrected chi connectivity index (χ0v) is 15.0. The second kappa shape index (κ2) is 6.88. The van der Waals surface area contributed by atoms with Gasteiger partial charge in [0.1, 0.15) is 5.76 Å². The Morgan fingerprint density at radius 3 is 3.00 bits per heavy atom. The Morgan fingerprint density at radius 1 is 1.32 bits per heavy atom. The molecule has 0 aliphatic carbocycles. The summed E-state index contributed by atoms with van der Waals surface area (Å²) in [6.07, 6.45) is 5.87. The van der Waals surface area contributed by atoms with Crippen LogP contribution in [0, 0.1) is 6.92 Å². The number of furan rings is 1. The number of aromatic amines is 1. The molecule has 1 N–H and O–H groups in total. The Balaban J connectivity index is 1.61. The van der Waals surface area contributed by atoms with E-state index in [1.807, 2.05) is 23.1 Å². The van der Waals surface area contributed by atoms with E-state index >= 15 is 0 Å². The molecular formula is C19H21N3O2S. The lowest BCUT2D eigenvalue weighted by molar-refractivity contribution is 0.0652. The van der Waals surface area contributed by atoms with Crippen molar-refractivity contribution in [2.45, 2.75) is 38.6 Å². The molecule has 3 aromatic heterocycles. The number of rotatable bonds is 3. The number of aromatic nitrogens is 2. The molecule has 1 aliphatic heterocycles. The van der Waals surface area contributed by atoms with Crippen molar-refractivity contribution in [3.63, 3.8) is 0 Å². The maximum Gasteiger partial charge on any atom is 0.274 e. The van der Waals surface area contributed by atoms with E-state index in [1.54, 1.807) is 17.6 Å². The minimum atomic E-state index is -0.0286. The van der Waals surface area contributed by atoms with Crippen molar-refractivity contribution >= 4 is 17.2 Å². The van der Waals surface area contributed by atoms with Gasteiger partial charge in [0.15, 0.2) is 5.69 Å². The van der Waals surface area contributed by atoms with Crippen LogP contribution >= 0.6 is 11.3 Å². The molecule has 4 heterocycles. The van der Waals surface area contributed by atoms with Crippen molar-refractivity contribution in [1.82, 2.24) is 15.1 Å².